The number of rotatable bonds is 4. The lowest BCUT2D eigenvalue weighted by atomic mass is 9.89. The zero-order valence-corrected chi connectivity index (χ0v) is 16.6. The first-order chi connectivity index (χ1) is 12.4. The maximum Gasteiger partial charge on any atom is 0.246 e. The Kier molecular flexibility index (Phi) is 6.23. The molecule has 3 atom stereocenters. The zero-order valence-electron chi connectivity index (χ0n) is 15.1. The monoisotopic (exact) mass is 390 g/mol. The summed E-state index contributed by atoms with van der Waals surface area (Å²) < 4.78 is 0. The number of carbonyl (C=O) groups is 1. The minimum Gasteiger partial charge on any atom is -0.324 e. The van der Waals surface area contributed by atoms with Gasteiger partial charge in [0.05, 0.1) is 0 Å². The second-order valence-corrected chi connectivity index (χ2v) is 8.23. The highest BCUT2D eigenvalue weighted by molar-refractivity contribution is 6.35. The molecule has 138 valence electrons. The molecule has 1 aliphatic heterocycles. The molecule has 1 saturated heterocycles. The molecule has 5 heteroatoms. The molecule has 0 spiro atoms. The van der Waals surface area contributed by atoms with Gasteiger partial charge < -0.3 is 5.32 Å². The van der Waals surface area contributed by atoms with Crippen LogP contribution >= 0.6 is 23.2 Å². The van der Waals surface area contributed by atoms with E-state index >= 15 is 0 Å². The molecule has 1 fully saturated rings. The minimum atomic E-state index is -0.334. The summed E-state index contributed by atoms with van der Waals surface area (Å²) in [5.41, 5.74) is 1.62. The fourth-order valence-corrected chi connectivity index (χ4v) is 4.45. The third-order valence-electron chi connectivity index (χ3n) is 4.76. The second-order valence-electron chi connectivity index (χ2n) is 7.36. The van der Waals surface area contributed by atoms with Gasteiger partial charge in [0.2, 0.25) is 5.91 Å². The van der Waals surface area contributed by atoms with Crippen LogP contribution in [0.25, 0.3) is 0 Å². The summed E-state index contributed by atoms with van der Waals surface area (Å²) in [6, 6.07) is 14.7. The summed E-state index contributed by atoms with van der Waals surface area (Å²) in [7, 11) is 0. The van der Waals surface area contributed by atoms with E-state index in [-0.39, 0.29) is 11.9 Å². The maximum absolute atomic E-state index is 13.2. The van der Waals surface area contributed by atoms with Gasteiger partial charge in [0.15, 0.2) is 0 Å². The zero-order chi connectivity index (χ0) is 18.7. The van der Waals surface area contributed by atoms with Gasteiger partial charge in [0.25, 0.3) is 0 Å². The molecular weight excluding hydrogens is 367 g/mol. The number of hydrogen-bond donors (Lipinski definition) is 1. The first-order valence-electron chi connectivity index (χ1n) is 8.98. The first kappa shape index (κ1) is 19.2. The number of carbonyl (C=O) groups excluding carboxylic acids is 1. The van der Waals surface area contributed by atoms with E-state index in [1.54, 1.807) is 18.2 Å². The van der Waals surface area contributed by atoms with Gasteiger partial charge in [-0.3, -0.25) is 9.69 Å². The van der Waals surface area contributed by atoms with E-state index in [1.165, 1.54) is 6.42 Å². The number of nitrogens with zero attached hydrogens (tertiary/aromatic N) is 1. The molecule has 1 heterocycles. The van der Waals surface area contributed by atoms with Gasteiger partial charge in [-0.1, -0.05) is 67.4 Å². The van der Waals surface area contributed by atoms with E-state index in [9.17, 15) is 4.79 Å². The Morgan fingerprint density at radius 1 is 1.04 bits per heavy atom. The molecule has 0 bridgehead atoms. The second kappa shape index (κ2) is 8.43. The van der Waals surface area contributed by atoms with Crippen molar-refractivity contribution in [1.29, 1.82) is 0 Å². The van der Waals surface area contributed by atoms with Crippen LogP contribution in [-0.2, 0) is 4.79 Å². The van der Waals surface area contributed by atoms with E-state index in [0.717, 1.165) is 18.7 Å². The molecule has 0 unspecified atom stereocenters. The van der Waals surface area contributed by atoms with E-state index in [2.05, 4.69) is 24.1 Å². The molecule has 2 aromatic carbocycles. The van der Waals surface area contributed by atoms with E-state index < -0.39 is 0 Å². The quantitative estimate of drug-likeness (QED) is 0.730. The largest absolute Gasteiger partial charge is 0.324 e. The van der Waals surface area contributed by atoms with Crippen LogP contribution in [0.1, 0.15) is 31.9 Å². The van der Waals surface area contributed by atoms with Gasteiger partial charge in [-0.15, -0.1) is 0 Å². The Morgan fingerprint density at radius 2 is 1.62 bits per heavy atom. The molecule has 0 saturated carbocycles. The van der Waals surface area contributed by atoms with Crippen molar-refractivity contribution in [1.82, 2.24) is 4.90 Å². The van der Waals surface area contributed by atoms with Crippen LogP contribution in [0, 0.1) is 11.8 Å². The van der Waals surface area contributed by atoms with Crippen LogP contribution in [0.5, 0.6) is 0 Å². The highest BCUT2D eigenvalue weighted by Crippen LogP contribution is 2.31. The normalized spacial score (nSPS) is 22.0. The molecule has 2 aromatic rings. The van der Waals surface area contributed by atoms with Crippen molar-refractivity contribution in [3.8, 4) is 0 Å². The maximum atomic E-state index is 13.2. The van der Waals surface area contributed by atoms with Crippen molar-refractivity contribution < 1.29 is 4.79 Å². The number of halogens is 2. The summed E-state index contributed by atoms with van der Waals surface area (Å²) >= 11 is 12.1. The van der Waals surface area contributed by atoms with E-state index in [0.29, 0.717) is 27.6 Å². The first-order valence-corrected chi connectivity index (χ1v) is 9.74. The van der Waals surface area contributed by atoms with E-state index in [4.69, 9.17) is 23.2 Å². The molecule has 1 amide bonds. The van der Waals surface area contributed by atoms with Gasteiger partial charge in [-0.05, 0) is 42.0 Å². The van der Waals surface area contributed by atoms with Crippen molar-refractivity contribution in [3.63, 3.8) is 0 Å². The van der Waals surface area contributed by atoms with Gasteiger partial charge in [0.1, 0.15) is 6.04 Å². The van der Waals surface area contributed by atoms with Crippen LogP contribution in [0.3, 0.4) is 0 Å². The molecular formula is C21H24Cl2N2O. The lowest BCUT2D eigenvalue weighted by Crippen LogP contribution is -2.45. The minimum absolute atomic E-state index is 0.0594. The number of anilines is 1. The SMILES string of the molecule is C[C@H]1C[C@H](C)CN([C@@H](C(=O)Nc2cc(Cl)cc(Cl)c2)c2ccccc2)C1. The topological polar surface area (TPSA) is 32.3 Å². The molecule has 0 aromatic heterocycles. The molecule has 1 N–H and O–H groups in total. The number of likely N-dealkylation sites (tertiary alicyclic amines) is 1. The van der Waals surface area contributed by atoms with Crippen molar-refractivity contribution in [2.24, 2.45) is 11.8 Å². The molecule has 0 aliphatic carbocycles. The number of benzene rings is 2. The fourth-order valence-electron chi connectivity index (χ4n) is 3.92. The van der Waals surface area contributed by atoms with Gasteiger partial charge in [0, 0.05) is 28.8 Å². The van der Waals surface area contributed by atoms with Crippen molar-refractivity contribution in [2.75, 3.05) is 18.4 Å². The summed E-state index contributed by atoms with van der Waals surface area (Å²) in [6.07, 6.45) is 1.20. The van der Waals surface area contributed by atoms with Crippen LogP contribution in [-0.4, -0.2) is 23.9 Å². The lowest BCUT2D eigenvalue weighted by Gasteiger charge is -2.39. The number of amides is 1. The average molecular weight is 391 g/mol. The van der Waals surface area contributed by atoms with Crippen molar-refractivity contribution in [3.05, 3.63) is 64.1 Å². The van der Waals surface area contributed by atoms with Crippen LogP contribution in [0.2, 0.25) is 10.0 Å². The lowest BCUT2D eigenvalue weighted by molar-refractivity contribution is -0.122. The Labute approximate surface area is 165 Å². The van der Waals surface area contributed by atoms with Crippen LogP contribution in [0.15, 0.2) is 48.5 Å². The third-order valence-corrected chi connectivity index (χ3v) is 5.19. The number of piperidine rings is 1. The summed E-state index contributed by atoms with van der Waals surface area (Å²) in [5.74, 6) is 1.08. The molecule has 0 radical (unpaired) electrons. The van der Waals surface area contributed by atoms with Crippen molar-refractivity contribution in [2.45, 2.75) is 26.3 Å². The predicted octanol–water partition coefficient (Wildman–Crippen LogP) is 5.65. The van der Waals surface area contributed by atoms with Crippen LogP contribution < -0.4 is 5.32 Å². The predicted molar refractivity (Wildman–Crippen MR) is 109 cm³/mol. The highest BCUT2D eigenvalue weighted by Gasteiger charge is 2.32. The molecule has 1 aliphatic rings. The molecule has 3 rings (SSSR count). The standard InChI is InChI=1S/C21H24Cl2N2O/c1-14-8-15(2)13-25(12-14)20(16-6-4-3-5-7-16)21(26)24-19-10-17(22)9-18(23)11-19/h3-7,9-11,14-15,20H,8,12-13H2,1-2H3,(H,24,26)/t14-,15-,20+/m0/s1. The Balaban J connectivity index is 1.88. The Hall–Kier alpha value is -1.55. The third kappa shape index (κ3) is 4.79. The van der Waals surface area contributed by atoms with E-state index in [1.807, 2.05) is 30.3 Å². The summed E-state index contributed by atoms with van der Waals surface area (Å²) in [5, 5.41) is 4.01. The summed E-state index contributed by atoms with van der Waals surface area (Å²) in [4.78, 5) is 15.5. The van der Waals surface area contributed by atoms with Gasteiger partial charge in [-0.25, -0.2) is 0 Å². The molecule has 3 nitrogen and oxygen atoms in total. The smallest absolute Gasteiger partial charge is 0.246 e. The number of hydrogen-bond acceptors (Lipinski definition) is 2. The van der Waals surface area contributed by atoms with Crippen molar-refractivity contribution >= 4 is 34.8 Å². The average Bonchev–Trinajstić information content (AvgIpc) is 2.54. The number of nitrogens with one attached hydrogen (secondary N) is 1. The Bertz CT molecular complexity index is 736. The highest BCUT2D eigenvalue weighted by atomic mass is 35.5. The van der Waals surface area contributed by atoms with Gasteiger partial charge >= 0.3 is 0 Å². The summed E-state index contributed by atoms with van der Waals surface area (Å²) in [6.45, 7) is 6.32. The fraction of sp³-hybridized carbons (Fsp3) is 0.381. The Morgan fingerprint density at radius 3 is 2.19 bits per heavy atom. The van der Waals surface area contributed by atoms with Gasteiger partial charge in [-0.2, -0.15) is 0 Å². The molecule has 26 heavy (non-hydrogen) atoms. The van der Waals surface area contributed by atoms with Crippen LogP contribution in [0.4, 0.5) is 5.69 Å².